The Morgan fingerprint density at radius 1 is 0.810 bits per heavy atom. The molecule has 2 aromatic carbocycles. The van der Waals surface area contributed by atoms with Gasteiger partial charge < -0.3 is 5.32 Å². The SMILES string of the molecule is Cl.O=S(=O)(NCCNCc1ccccc1)c1ccccc1. The molecule has 0 saturated carbocycles. The fourth-order valence-corrected chi connectivity index (χ4v) is 2.84. The van der Waals surface area contributed by atoms with Crippen LogP contribution in [0, 0.1) is 0 Å². The third-order valence-electron chi connectivity index (χ3n) is 2.82. The predicted molar refractivity (Wildman–Crippen MR) is 87.0 cm³/mol. The van der Waals surface area contributed by atoms with E-state index in [9.17, 15) is 8.42 Å². The minimum atomic E-state index is -3.40. The average molecular weight is 327 g/mol. The zero-order chi connectivity index (χ0) is 14.3. The van der Waals surface area contributed by atoms with Crippen molar-refractivity contribution in [2.45, 2.75) is 11.4 Å². The molecule has 0 spiro atoms. The Kier molecular flexibility index (Phi) is 7.39. The highest BCUT2D eigenvalue weighted by atomic mass is 35.5. The van der Waals surface area contributed by atoms with Crippen molar-refractivity contribution in [1.29, 1.82) is 0 Å². The van der Waals surface area contributed by atoms with Crippen LogP contribution >= 0.6 is 12.4 Å². The molecule has 0 radical (unpaired) electrons. The molecule has 0 atom stereocenters. The van der Waals surface area contributed by atoms with Gasteiger partial charge in [-0.3, -0.25) is 0 Å². The van der Waals surface area contributed by atoms with Crippen molar-refractivity contribution in [2.75, 3.05) is 13.1 Å². The summed E-state index contributed by atoms with van der Waals surface area (Å²) in [6.45, 7) is 1.68. The lowest BCUT2D eigenvalue weighted by Crippen LogP contribution is -2.31. The summed E-state index contributed by atoms with van der Waals surface area (Å²) >= 11 is 0. The average Bonchev–Trinajstić information content (AvgIpc) is 2.49. The van der Waals surface area contributed by atoms with Crippen LogP contribution in [0.2, 0.25) is 0 Å². The van der Waals surface area contributed by atoms with Gasteiger partial charge in [0.15, 0.2) is 0 Å². The zero-order valence-electron chi connectivity index (χ0n) is 11.5. The van der Waals surface area contributed by atoms with Crippen LogP contribution in [0.5, 0.6) is 0 Å². The second-order valence-electron chi connectivity index (χ2n) is 4.37. The van der Waals surface area contributed by atoms with Crippen molar-refractivity contribution >= 4 is 22.4 Å². The molecule has 0 fully saturated rings. The summed E-state index contributed by atoms with van der Waals surface area (Å²) < 4.78 is 26.4. The second kappa shape index (κ2) is 8.79. The Morgan fingerprint density at radius 2 is 1.38 bits per heavy atom. The van der Waals surface area contributed by atoms with Gasteiger partial charge in [0.25, 0.3) is 0 Å². The number of hydrogen-bond acceptors (Lipinski definition) is 3. The van der Waals surface area contributed by atoms with Crippen molar-refractivity contribution in [2.24, 2.45) is 0 Å². The molecule has 0 saturated heterocycles. The highest BCUT2D eigenvalue weighted by molar-refractivity contribution is 7.89. The van der Waals surface area contributed by atoms with Crippen molar-refractivity contribution in [3.63, 3.8) is 0 Å². The summed E-state index contributed by atoms with van der Waals surface area (Å²) in [6, 6.07) is 18.4. The first-order chi connectivity index (χ1) is 9.68. The van der Waals surface area contributed by atoms with Crippen molar-refractivity contribution in [3.05, 3.63) is 66.2 Å². The standard InChI is InChI=1S/C15H18N2O2S.ClH/c18-20(19,15-9-5-2-6-10-15)17-12-11-16-13-14-7-3-1-4-8-14;/h1-10,16-17H,11-13H2;1H. The first-order valence-electron chi connectivity index (χ1n) is 6.48. The Hall–Kier alpha value is -1.40. The van der Waals surface area contributed by atoms with E-state index in [-0.39, 0.29) is 12.4 Å². The van der Waals surface area contributed by atoms with Crippen LogP contribution in [0.4, 0.5) is 0 Å². The lowest BCUT2D eigenvalue weighted by atomic mass is 10.2. The monoisotopic (exact) mass is 326 g/mol. The maximum Gasteiger partial charge on any atom is 0.240 e. The summed E-state index contributed by atoms with van der Waals surface area (Å²) in [7, 11) is -3.40. The van der Waals surface area contributed by atoms with E-state index in [1.54, 1.807) is 30.3 Å². The Labute approximate surface area is 132 Å². The van der Waals surface area contributed by atoms with Crippen molar-refractivity contribution in [3.8, 4) is 0 Å². The Balaban J connectivity index is 0.00000220. The topological polar surface area (TPSA) is 58.2 Å². The van der Waals surface area contributed by atoms with Gasteiger partial charge in [0, 0.05) is 19.6 Å². The first kappa shape index (κ1) is 17.7. The molecule has 6 heteroatoms. The predicted octanol–water partition coefficient (Wildman–Crippen LogP) is 2.18. The molecule has 114 valence electrons. The van der Waals surface area contributed by atoms with E-state index in [1.165, 1.54) is 5.56 Å². The summed E-state index contributed by atoms with van der Waals surface area (Å²) in [5.74, 6) is 0. The van der Waals surface area contributed by atoms with Gasteiger partial charge in [-0.1, -0.05) is 48.5 Å². The molecule has 0 aromatic heterocycles. The molecule has 21 heavy (non-hydrogen) atoms. The molecule has 0 aliphatic carbocycles. The second-order valence-corrected chi connectivity index (χ2v) is 6.14. The van der Waals surface area contributed by atoms with Gasteiger partial charge in [-0.05, 0) is 17.7 Å². The Morgan fingerprint density at radius 3 is 2.00 bits per heavy atom. The summed E-state index contributed by atoms with van der Waals surface area (Å²) in [5, 5.41) is 3.20. The van der Waals surface area contributed by atoms with Crippen LogP contribution in [-0.4, -0.2) is 21.5 Å². The quantitative estimate of drug-likeness (QED) is 0.767. The van der Waals surface area contributed by atoms with E-state index < -0.39 is 10.0 Å². The largest absolute Gasteiger partial charge is 0.311 e. The third-order valence-corrected chi connectivity index (χ3v) is 4.30. The molecule has 0 unspecified atom stereocenters. The van der Waals surface area contributed by atoms with E-state index in [2.05, 4.69) is 10.0 Å². The van der Waals surface area contributed by atoms with E-state index in [0.717, 1.165) is 6.54 Å². The van der Waals surface area contributed by atoms with Crippen LogP contribution in [0.3, 0.4) is 0 Å². The van der Waals surface area contributed by atoms with Gasteiger partial charge in [0.1, 0.15) is 0 Å². The molecule has 2 N–H and O–H groups in total. The van der Waals surface area contributed by atoms with Gasteiger partial charge in [-0.25, -0.2) is 13.1 Å². The third kappa shape index (κ3) is 5.85. The maximum atomic E-state index is 11.9. The molecule has 0 aliphatic heterocycles. The number of rotatable bonds is 7. The number of hydrogen-bond donors (Lipinski definition) is 2. The molecule has 0 heterocycles. The van der Waals surface area contributed by atoms with Gasteiger partial charge >= 0.3 is 0 Å². The van der Waals surface area contributed by atoms with Crippen LogP contribution in [0.15, 0.2) is 65.6 Å². The van der Waals surface area contributed by atoms with Crippen LogP contribution < -0.4 is 10.0 Å². The van der Waals surface area contributed by atoms with E-state index in [4.69, 9.17) is 0 Å². The summed E-state index contributed by atoms with van der Waals surface area (Å²) in [4.78, 5) is 0.294. The number of sulfonamides is 1. The number of benzene rings is 2. The minimum absolute atomic E-state index is 0. The van der Waals surface area contributed by atoms with Crippen LogP contribution in [0.1, 0.15) is 5.56 Å². The lowest BCUT2D eigenvalue weighted by molar-refractivity contribution is 0.576. The van der Waals surface area contributed by atoms with Crippen molar-refractivity contribution in [1.82, 2.24) is 10.0 Å². The number of halogens is 1. The molecule has 2 rings (SSSR count). The maximum absolute atomic E-state index is 11.9. The number of nitrogens with one attached hydrogen (secondary N) is 2. The lowest BCUT2D eigenvalue weighted by Gasteiger charge is -2.08. The molecule has 2 aromatic rings. The van der Waals surface area contributed by atoms with Crippen molar-refractivity contribution < 1.29 is 8.42 Å². The molecule has 0 aliphatic rings. The van der Waals surface area contributed by atoms with E-state index in [0.29, 0.717) is 18.0 Å². The summed E-state index contributed by atoms with van der Waals surface area (Å²) in [5.41, 5.74) is 1.18. The molecular weight excluding hydrogens is 308 g/mol. The highest BCUT2D eigenvalue weighted by Gasteiger charge is 2.11. The van der Waals surface area contributed by atoms with Crippen LogP contribution in [-0.2, 0) is 16.6 Å². The Bertz CT molecular complexity index is 619. The molecule has 0 bridgehead atoms. The molecular formula is C15H19ClN2O2S. The minimum Gasteiger partial charge on any atom is -0.311 e. The van der Waals surface area contributed by atoms with Gasteiger partial charge in [0.05, 0.1) is 4.90 Å². The fourth-order valence-electron chi connectivity index (χ4n) is 1.79. The first-order valence-corrected chi connectivity index (χ1v) is 7.96. The normalized spacial score (nSPS) is 10.9. The highest BCUT2D eigenvalue weighted by Crippen LogP contribution is 2.06. The fraction of sp³-hybridized carbons (Fsp3) is 0.200. The smallest absolute Gasteiger partial charge is 0.240 e. The molecule has 4 nitrogen and oxygen atoms in total. The van der Waals surface area contributed by atoms with E-state index >= 15 is 0 Å². The van der Waals surface area contributed by atoms with Gasteiger partial charge in [-0.2, -0.15) is 0 Å². The molecule has 0 amide bonds. The van der Waals surface area contributed by atoms with E-state index in [1.807, 2.05) is 30.3 Å². The van der Waals surface area contributed by atoms with Gasteiger partial charge in [0.2, 0.25) is 10.0 Å². The summed E-state index contributed by atoms with van der Waals surface area (Å²) in [6.07, 6.45) is 0. The zero-order valence-corrected chi connectivity index (χ0v) is 13.2. The van der Waals surface area contributed by atoms with Gasteiger partial charge in [-0.15, -0.1) is 12.4 Å². The van der Waals surface area contributed by atoms with Crippen LogP contribution in [0.25, 0.3) is 0 Å².